The fourth-order valence-electron chi connectivity index (χ4n) is 0.683. The molecule has 0 aromatic rings. The van der Waals surface area contributed by atoms with E-state index in [0.29, 0.717) is 6.29 Å². The molecular formula is C6H14N2O4. The van der Waals surface area contributed by atoms with E-state index in [0.717, 1.165) is 0 Å². The van der Waals surface area contributed by atoms with Gasteiger partial charge in [-0.3, -0.25) is 0 Å². The maximum Gasteiger partial charge on any atom is 0.138 e. The van der Waals surface area contributed by atoms with Crippen molar-refractivity contribution in [3.63, 3.8) is 0 Å². The van der Waals surface area contributed by atoms with Crippen LogP contribution in [0.1, 0.15) is 0 Å². The van der Waals surface area contributed by atoms with E-state index in [-0.39, 0.29) is 0 Å². The summed E-state index contributed by atoms with van der Waals surface area (Å²) in [5.41, 5.74) is 10.4. The summed E-state index contributed by atoms with van der Waals surface area (Å²) in [6, 6.07) is -2.11. The van der Waals surface area contributed by atoms with E-state index in [9.17, 15) is 4.79 Å². The minimum Gasteiger partial charge on any atom is -0.394 e. The van der Waals surface area contributed by atoms with E-state index < -0.39 is 30.9 Å². The van der Waals surface area contributed by atoms with Crippen molar-refractivity contribution in [3.05, 3.63) is 0 Å². The van der Waals surface area contributed by atoms with Crippen molar-refractivity contribution < 1.29 is 20.1 Å². The van der Waals surface area contributed by atoms with Crippen LogP contribution in [0.3, 0.4) is 0 Å². The Morgan fingerprint density at radius 1 is 1.33 bits per heavy atom. The number of hydrogen-bond donors (Lipinski definition) is 5. The lowest BCUT2D eigenvalue weighted by atomic mass is 10.0. The molecule has 12 heavy (non-hydrogen) atoms. The van der Waals surface area contributed by atoms with Crippen LogP contribution in [-0.4, -0.2) is 52.5 Å². The van der Waals surface area contributed by atoms with Crippen LogP contribution in [0.25, 0.3) is 0 Å². The third-order valence-electron chi connectivity index (χ3n) is 1.58. The quantitative estimate of drug-likeness (QED) is 0.278. The van der Waals surface area contributed by atoms with E-state index in [1.54, 1.807) is 0 Å². The molecule has 0 aromatic heterocycles. The number of carbonyl (C=O) groups excluding carboxylic acids is 1. The zero-order chi connectivity index (χ0) is 9.72. The first-order valence-electron chi connectivity index (χ1n) is 3.48. The second kappa shape index (κ2) is 5.18. The molecule has 0 saturated carbocycles. The molecule has 7 N–H and O–H groups in total. The summed E-state index contributed by atoms with van der Waals surface area (Å²) in [7, 11) is 0. The zero-order valence-corrected chi connectivity index (χ0v) is 6.50. The van der Waals surface area contributed by atoms with Crippen molar-refractivity contribution in [2.45, 2.75) is 24.3 Å². The Morgan fingerprint density at radius 3 is 2.17 bits per heavy atom. The average molecular weight is 178 g/mol. The van der Waals surface area contributed by atoms with Crippen molar-refractivity contribution >= 4 is 6.29 Å². The molecule has 0 amide bonds. The van der Waals surface area contributed by atoms with Crippen molar-refractivity contribution in [1.82, 2.24) is 0 Å². The van der Waals surface area contributed by atoms with Crippen LogP contribution in [0.5, 0.6) is 0 Å². The Labute approximate surface area is 69.8 Å². The van der Waals surface area contributed by atoms with E-state index in [4.69, 9.17) is 26.8 Å². The van der Waals surface area contributed by atoms with Crippen LogP contribution in [0.2, 0.25) is 0 Å². The largest absolute Gasteiger partial charge is 0.394 e. The summed E-state index contributed by atoms with van der Waals surface area (Å²) in [5, 5.41) is 26.4. The van der Waals surface area contributed by atoms with Gasteiger partial charge in [-0.15, -0.1) is 0 Å². The fraction of sp³-hybridized carbons (Fsp3) is 0.833. The Balaban J connectivity index is 4.07. The van der Waals surface area contributed by atoms with Gasteiger partial charge in [-0.1, -0.05) is 0 Å². The van der Waals surface area contributed by atoms with E-state index in [1.165, 1.54) is 0 Å². The van der Waals surface area contributed by atoms with Crippen LogP contribution in [0.4, 0.5) is 0 Å². The van der Waals surface area contributed by atoms with Gasteiger partial charge in [0, 0.05) is 0 Å². The first-order chi connectivity index (χ1) is 5.54. The highest BCUT2D eigenvalue weighted by Crippen LogP contribution is 1.99. The third kappa shape index (κ3) is 2.84. The number of aliphatic hydroxyl groups is 3. The second-order valence-corrected chi connectivity index (χ2v) is 2.53. The lowest BCUT2D eigenvalue weighted by Crippen LogP contribution is -2.55. The molecule has 0 rings (SSSR count). The molecule has 6 nitrogen and oxygen atoms in total. The van der Waals surface area contributed by atoms with Gasteiger partial charge >= 0.3 is 0 Å². The van der Waals surface area contributed by atoms with Crippen molar-refractivity contribution in [3.8, 4) is 0 Å². The summed E-state index contributed by atoms with van der Waals surface area (Å²) in [4.78, 5) is 10.1. The molecule has 0 fully saturated rings. The van der Waals surface area contributed by atoms with Gasteiger partial charge in [0.2, 0.25) is 0 Å². The summed E-state index contributed by atoms with van der Waals surface area (Å²) >= 11 is 0. The van der Waals surface area contributed by atoms with Gasteiger partial charge in [-0.25, -0.2) is 0 Å². The Kier molecular flexibility index (Phi) is 4.95. The summed E-state index contributed by atoms with van der Waals surface area (Å²) in [6.45, 7) is -0.625. The second-order valence-electron chi connectivity index (χ2n) is 2.53. The summed E-state index contributed by atoms with van der Waals surface area (Å²) in [6.07, 6.45) is -2.39. The van der Waals surface area contributed by atoms with Gasteiger partial charge in [-0.2, -0.15) is 0 Å². The van der Waals surface area contributed by atoms with Crippen LogP contribution in [0.15, 0.2) is 0 Å². The zero-order valence-electron chi connectivity index (χ0n) is 6.50. The van der Waals surface area contributed by atoms with Gasteiger partial charge in [-0.05, 0) is 0 Å². The predicted molar refractivity (Wildman–Crippen MR) is 41.1 cm³/mol. The summed E-state index contributed by atoms with van der Waals surface area (Å²) in [5.74, 6) is 0. The molecule has 0 saturated heterocycles. The first-order valence-corrected chi connectivity index (χ1v) is 3.48. The summed E-state index contributed by atoms with van der Waals surface area (Å²) < 4.78 is 0. The Hall–Kier alpha value is -0.530. The molecule has 0 aliphatic carbocycles. The first kappa shape index (κ1) is 11.5. The number of nitrogens with two attached hydrogens (primary N) is 2. The number of carbonyl (C=O) groups is 1. The number of rotatable bonds is 5. The molecule has 72 valence electrons. The Morgan fingerprint density at radius 2 is 1.83 bits per heavy atom. The highest BCUT2D eigenvalue weighted by molar-refractivity contribution is 5.58. The van der Waals surface area contributed by atoms with Gasteiger partial charge in [0.25, 0.3) is 0 Å². The maximum atomic E-state index is 10.1. The Bertz CT molecular complexity index is 144. The SMILES string of the molecule is N[C@@H]([C@H](O)[C@H](O)CO)[C@H](N)C=O. The van der Waals surface area contributed by atoms with E-state index in [2.05, 4.69) is 0 Å². The maximum absolute atomic E-state index is 10.1. The number of hydrogen-bond acceptors (Lipinski definition) is 6. The monoisotopic (exact) mass is 178 g/mol. The molecule has 0 aromatic carbocycles. The topological polar surface area (TPSA) is 130 Å². The van der Waals surface area contributed by atoms with Crippen LogP contribution in [-0.2, 0) is 4.79 Å². The highest BCUT2D eigenvalue weighted by atomic mass is 16.4. The lowest BCUT2D eigenvalue weighted by molar-refractivity contribution is -0.110. The highest BCUT2D eigenvalue weighted by Gasteiger charge is 2.27. The molecule has 0 bridgehead atoms. The standard InChI is InChI=1S/C6H14N2O4/c7-3(1-9)5(8)6(12)4(11)2-10/h1,3-6,10-12H,2,7-8H2/t3-,4-,5-,6-/m1/s1. The molecule has 6 heteroatoms. The van der Waals surface area contributed by atoms with E-state index in [1.807, 2.05) is 0 Å². The number of aldehydes is 1. The smallest absolute Gasteiger partial charge is 0.138 e. The fourth-order valence-corrected chi connectivity index (χ4v) is 0.683. The molecule has 0 unspecified atom stereocenters. The predicted octanol–water partition coefficient (Wildman–Crippen LogP) is -3.45. The average Bonchev–Trinajstić information content (AvgIpc) is 2.12. The minimum absolute atomic E-state index is 0.373. The van der Waals surface area contributed by atoms with Gasteiger partial charge in [0.1, 0.15) is 12.4 Å². The van der Waals surface area contributed by atoms with Crippen LogP contribution < -0.4 is 11.5 Å². The van der Waals surface area contributed by atoms with E-state index >= 15 is 0 Å². The molecule has 0 aliphatic heterocycles. The van der Waals surface area contributed by atoms with Gasteiger partial charge in [0.15, 0.2) is 0 Å². The van der Waals surface area contributed by atoms with Crippen LogP contribution >= 0.6 is 0 Å². The lowest BCUT2D eigenvalue weighted by Gasteiger charge is -2.24. The van der Waals surface area contributed by atoms with Gasteiger partial charge in [0.05, 0.1) is 24.8 Å². The molecular weight excluding hydrogens is 164 g/mol. The molecule has 0 spiro atoms. The van der Waals surface area contributed by atoms with Crippen molar-refractivity contribution in [2.75, 3.05) is 6.61 Å². The number of aliphatic hydroxyl groups excluding tert-OH is 3. The molecule has 0 aliphatic rings. The van der Waals surface area contributed by atoms with Crippen molar-refractivity contribution in [1.29, 1.82) is 0 Å². The van der Waals surface area contributed by atoms with Crippen LogP contribution in [0, 0.1) is 0 Å². The molecule has 4 atom stereocenters. The molecule has 0 radical (unpaired) electrons. The molecule has 0 heterocycles. The minimum atomic E-state index is -1.39. The normalized spacial score (nSPS) is 21.1. The van der Waals surface area contributed by atoms with Gasteiger partial charge < -0.3 is 31.6 Å². The third-order valence-corrected chi connectivity index (χ3v) is 1.58. The van der Waals surface area contributed by atoms with Crippen molar-refractivity contribution in [2.24, 2.45) is 11.5 Å².